The van der Waals surface area contributed by atoms with Gasteiger partial charge in [-0.2, -0.15) is 5.10 Å². The first-order valence-electron chi connectivity index (χ1n) is 10.4. The van der Waals surface area contributed by atoms with Gasteiger partial charge in [0.15, 0.2) is 4.96 Å². The zero-order valence-electron chi connectivity index (χ0n) is 16.8. The lowest BCUT2D eigenvalue weighted by Gasteiger charge is -2.39. The molecule has 1 N–H and O–H groups in total. The van der Waals surface area contributed by atoms with Gasteiger partial charge in [-0.05, 0) is 43.4 Å². The molecule has 2 atom stereocenters. The highest BCUT2D eigenvalue weighted by Gasteiger charge is 2.33. The van der Waals surface area contributed by atoms with Gasteiger partial charge in [-0.25, -0.2) is 4.98 Å². The first-order chi connectivity index (χ1) is 14.2. The fraction of sp³-hybridized carbons (Fsp3) is 0.455. The monoisotopic (exact) mass is 407 g/mol. The molecular formula is C22H25N5OS. The number of rotatable bonds is 3. The van der Waals surface area contributed by atoms with Crippen LogP contribution in [0.1, 0.15) is 43.7 Å². The number of benzene rings is 1. The Kier molecular flexibility index (Phi) is 3.96. The van der Waals surface area contributed by atoms with Crippen molar-refractivity contribution in [1.82, 2.24) is 24.5 Å². The second-order valence-electron chi connectivity index (χ2n) is 8.53. The molecule has 0 spiro atoms. The Morgan fingerprint density at radius 3 is 2.72 bits per heavy atom. The quantitative estimate of drug-likeness (QED) is 0.549. The first kappa shape index (κ1) is 17.5. The lowest BCUT2D eigenvalue weighted by molar-refractivity contribution is 0.220. The fourth-order valence-electron chi connectivity index (χ4n) is 5.17. The van der Waals surface area contributed by atoms with Crippen molar-refractivity contribution in [1.29, 1.82) is 0 Å². The molecule has 0 amide bonds. The van der Waals surface area contributed by atoms with Crippen molar-refractivity contribution >= 4 is 27.2 Å². The van der Waals surface area contributed by atoms with Gasteiger partial charge < -0.3 is 10.1 Å². The molecule has 6 rings (SSSR count). The minimum absolute atomic E-state index is 0.592. The Labute approximate surface area is 173 Å². The number of thiazole rings is 1. The average molecular weight is 408 g/mol. The zero-order chi connectivity index (χ0) is 19.5. The van der Waals surface area contributed by atoms with Gasteiger partial charge in [-0.15, -0.1) is 0 Å². The topological polar surface area (TPSA) is 56.4 Å². The molecule has 4 aromatic rings. The third-order valence-electron chi connectivity index (χ3n) is 6.50. The van der Waals surface area contributed by atoms with Crippen molar-refractivity contribution < 1.29 is 4.74 Å². The second kappa shape index (κ2) is 6.57. The summed E-state index contributed by atoms with van der Waals surface area (Å²) in [6, 6.07) is 5.63. The summed E-state index contributed by atoms with van der Waals surface area (Å²) < 4.78 is 9.63. The number of hydrogen-bond donors (Lipinski definition) is 1. The molecule has 6 nitrogen and oxygen atoms in total. The number of nitrogens with one attached hydrogen (secondary N) is 1. The molecule has 2 aliphatic rings. The van der Waals surface area contributed by atoms with Crippen LogP contribution in [0.3, 0.4) is 0 Å². The van der Waals surface area contributed by atoms with Crippen LogP contribution in [0.5, 0.6) is 5.75 Å². The average Bonchev–Trinajstić information content (AvgIpc) is 3.38. The maximum atomic E-state index is 5.59. The van der Waals surface area contributed by atoms with E-state index in [1.807, 2.05) is 17.9 Å². The maximum absolute atomic E-state index is 5.59. The smallest absolute Gasteiger partial charge is 0.194 e. The van der Waals surface area contributed by atoms with E-state index in [0.717, 1.165) is 27.2 Å². The Morgan fingerprint density at radius 1 is 1.14 bits per heavy atom. The summed E-state index contributed by atoms with van der Waals surface area (Å²) >= 11 is 1.74. The van der Waals surface area contributed by atoms with Crippen molar-refractivity contribution in [2.24, 2.45) is 7.05 Å². The summed E-state index contributed by atoms with van der Waals surface area (Å²) in [4.78, 5) is 7.30. The van der Waals surface area contributed by atoms with E-state index < -0.39 is 0 Å². The summed E-state index contributed by atoms with van der Waals surface area (Å²) in [7, 11) is 3.64. The van der Waals surface area contributed by atoms with Crippen LogP contribution in [0.4, 0.5) is 0 Å². The molecule has 29 heavy (non-hydrogen) atoms. The number of imidazole rings is 1. The highest BCUT2D eigenvalue weighted by molar-refractivity contribution is 7.20. The molecule has 0 unspecified atom stereocenters. The number of aryl methyl sites for hydroxylation is 1. The van der Waals surface area contributed by atoms with Crippen LogP contribution in [-0.4, -0.2) is 38.4 Å². The van der Waals surface area contributed by atoms with Gasteiger partial charge in [-0.3, -0.25) is 9.08 Å². The van der Waals surface area contributed by atoms with E-state index in [-0.39, 0.29) is 0 Å². The molecule has 3 aromatic heterocycles. The Morgan fingerprint density at radius 2 is 1.97 bits per heavy atom. The van der Waals surface area contributed by atoms with Gasteiger partial charge in [0.1, 0.15) is 11.3 Å². The zero-order valence-corrected chi connectivity index (χ0v) is 17.6. The molecule has 7 heteroatoms. The third kappa shape index (κ3) is 2.95. The lowest BCUT2D eigenvalue weighted by Crippen LogP contribution is -2.47. The number of nitrogens with zero attached hydrogens (tertiary/aromatic N) is 4. The third-order valence-corrected chi connectivity index (χ3v) is 7.55. The van der Waals surface area contributed by atoms with E-state index in [1.54, 1.807) is 18.4 Å². The molecule has 2 saturated heterocycles. The van der Waals surface area contributed by atoms with Crippen molar-refractivity contribution in [2.75, 3.05) is 7.11 Å². The molecule has 1 aromatic carbocycles. The number of piperidine rings is 2. The van der Waals surface area contributed by atoms with Crippen molar-refractivity contribution in [3.05, 3.63) is 36.4 Å². The fourth-order valence-corrected chi connectivity index (χ4v) is 6.13. The van der Waals surface area contributed by atoms with Gasteiger partial charge in [-0.1, -0.05) is 17.8 Å². The predicted molar refractivity (Wildman–Crippen MR) is 116 cm³/mol. The number of ether oxygens (including phenoxy) is 1. The SMILES string of the molecule is COc1cc(-c2cn3cc(C4C[C@H]5CCC[C@H](C4)N5)nc3s2)cc2cn(C)nc12. The molecule has 150 valence electrons. The van der Waals surface area contributed by atoms with Gasteiger partial charge in [0.05, 0.1) is 17.7 Å². The standard InChI is InChI=1S/C22H25N5OS/c1-26-10-15-6-14(9-19(28-2)21(15)25-26)20-12-27-11-18(24-22(27)29-20)13-7-16-4-3-5-17(8-13)23-16/h6,9-13,16-17,23H,3-5,7-8H2,1-2H3/t16-,17-/m1/s1. The molecule has 2 fully saturated rings. The normalized spacial score (nSPS) is 24.4. The molecule has 0 aliphatic carbocycles. The number of aromatic nitrogens is 4. The van der Waals surface area contributed by atoms with Crippen LogP contribution >= 0.6 is 11.3 Å². The van der Waals surface area contributed by atoms with Crippen molar-refractivity contribution in [3.63, 3.8) is 0 Å². The van der Waals surface area contributed by atoms with Crippen molar-refractivity contribution in [2.45, 2.75) is 50.1 Å². The van der Waals surface area contributed by atoms with Gasteiger partial charge in [0, 0.05) is 49.0 Å². The summed E-state index contributed by atoms with van der Waals surface area (Å²) in [6.45, 7) is 0. The van der Waals surface area contributed by atoms with Crippen LogP contribution < -0.4 is 10.1 Å². The van der Waals surface area contributed by atoms with E-state index in [2.05, 4.69) is 39.3 Å². The van der Waals surface area contributed by atoms with Crippen LogP contribution in [0.15, 0.2) is 30.7 Å². The van der Waals surface area contributed by atoms with E-state index >= 15 is 0 Å². The number of methoxy groups -OCH3 is 1. The molecule has 2 bridgehead atoms. The van der Waals surface area contributed by atoms with Crippen LogP contribution in [0.2, 0.25) is 0 Å². The molecule has 0 radical (unpaired) electrons. The largest absolute Gasteiger partial charge is 0.494 e. The predicted octanol–water partition coefficient (Wildman–Crippen LogP) is 4.35. The molecule has 5 heterocycles. The van der Waals surface area contributed by atoms with Gasteiger partial charge >= 0.3 is 0 Å². The van der Waals surface area contributed by atoms with E-state index in [9.17, 15) is 0 Å². The van der Waals surface area contributed by atoms with Gasteiger partial charge in [0.25, 0.3) is 0 Å². The Hall–Kier alpha value is -2.38. The Balaban J connectivity index is 1.34. The van der Waals surface area contributed by atoms with E-state index in [4.69, 9.17) is 9.72 Å². The maximum Gasteiger partial charge on any atom is 0.194 e. The van der Waals surface area contributed by atoms with E-state index in [0.29, 0.717) is 18.0 Å². The van der Waals surface area contributed by atoms with E-state index in [1.165, 1.54) is 42.7 Å². The highest BCUT2D eigenvalue weighted by atomic mass is 32.1. The minimum atomic E-state index is 0.592. The first-order valence-corrected chi connectivity index (χ1v) is 11.2. The molecular weight excluding hydrogens is 382 g/mol. The second-order valence-corrected chi connectivity index (χ2v) is 9.54. The van der Waals surface area contributed by atoms with Crippen LogP contribution in [0.25, 0.3) is 26.3 Å². The van der Waals surface area contributed by atoms with Gasteiger partial charge in [0.2, 0.25) is 0 Å². The molecule has 2 aliphatic heterocycles. The van der Waals surface area contributed by atoms with Crippen LogP contribution in [-0.2, 0) is 7.05 Å². The number of hydrogen-bond acceptors (Lipinski definition) is 5. The summed E-state index contributed by atoms with van der Waals surface area (Å²) in [5, 5.41) is 9.39. The van der Waals surface area contributed by atoms with Crippen LogP contribution in [0, 0.1) is 0 Å². The highest BCUT2D eigenvalue weighted by Crippen LogP contribution is 2.38. The van der Waals surface area contributed by atoms with Crippen molar-refractivity contribution in [3.8, 4) is 16.2 Å². The number of fused-ring (bicyclic) bond motifs is 4. The summed E-state index contributed by atoms with van der Waals surface area (Å²) in [5.41, 5.74) is 3.32. The molecule has 0 saturated carbocycles. The summed E-state index contributed by atoms with van der Waals surface area (Å²) in [5.74, 6) is 1.40. The lowest BCUT2D eigenvalue weighted by atomic mass is 9.79. The Bertz CT molecular complexity index is 1160. The minimum Gasteiger partial charge on any atom is -0.494 e. The summed E-state index contributed by atoms with van der Waals surface area (Å²) in [6.07, 6.45) is 13.0.